The maximum atomic E-state index is 14.6. The summed E-state index contributed by atoms with van der Waals surface area (Å²) < 4.78 is 20.2. The van der Waals surface area contributed by atoms with Gasteiger partial charge in [-0.05, 0) is 38.0 Å². The summed E-state index contributed by atoms with van der Waals surface area (Å²) in [7, 11) is 0. The highest BCUT2D eigenvalue weighted by Gasteiger charge is 2.35. The van der Waals surface area contributed by atoms with E-state index in [9.17, 15) is 4.39 Å². The largest absolute Gasteiger partial charge is 0.475 e. The van der Waals surface area contributed by atoms with Crippen molar-refractivity contribution in [2.24, 2.45) is 9.98 Å². The second kappa shape index (κ2) is 4.39. The minimum absolute atomic E-state index is 0.207. The first kappa shape index (κ1) is 14.2. The van der Waals surface area contributed by atoms with Crippen LogP contribution in [0.15, 0.2) is 22.1 Å². The van der Waals surface area contributed by atoms with Crippen molar-refractivity contribution in [1.82, 2.24) is 0 Å². The van der Waals surface area contributed by atoms with Gasteiger partial charge in [0, 0.05) is 11.1 Å². The fraction of sp³-hybridized carbons (Fsp3) is 0.529. The summed E-state index contributed by atoms with van der Waals surface area (Å²) in [5, 5.41) is 0. The topological polar surface area (TPSA) is 34.0 Å². The van der Waals surface area contributed by atoms with Crippen molar-refractivity contribution in [2.45, 2.75) is 45.6 Å². The van der Waals surface area contributed by atoms with Gasteiger partial charge >= 0.3 is 0 Å². The van der Waals surface area contributed by atoms with E-state index in [-0.39, 0.29) is 16.8 Å². The van der Waals surface area contributed by atoms with Crippen LogP contribution in [0.5, 0.6) is 0 Å². The lowest BCUT2D eigenvalue weighted by molar-refractivity contribution is 0.278. The molecular formula is C17H21FN2O. The second-order valence-electron chi connectivity index (χ2n) is 7.06. The van der Waals surface area contributed by atoms with Crippen LogP contribution in [0.25, 0.3) is 0 Å². The van der Waals surface area contributed by atoms with Crippen molar-refractivity contribution in [2.75, 3.05) is 13.2 Å². The molecule has 0 bridgehead atoms. The van der Waals surface area contributed by atoms with Crippen LogP contribution in [-0.2, 0) is 10.2 Å². The van der Waals surface area contributed by atoms with Gasteiger partial charge < -0.3 is 4.74 Å². The van der Waals surface area contributed by atoms with E-state index in [2.05, 4.69) is 23.8 Å². The summed E-state index contributed by atoms with van der Waals surface area (Å²) >= 11 is 0. The third-order valence-electron chi connectivity index (χ3n) is 4.23. The van der Waals surface area contributed by atoms with Crippen LogP contribution in [0.2, 0.25) is 0 Å². The molecule has 0 spiro atoms. The SMILES string of the molecule is Cc1cc(C(C)(C)C2=NC2)cc(F)c1C1=NC(C)(C)CO1. The monoisotopic (exact) mass is 288 g/mol. The molecule has 0 atom stereocenters. The van der Waals surface area contributed by atoms with E-state index in [1.54, 1.807) is 6.07 Å². The highest BCUT2D eigenvalue weighted by Crippen LogP contribution is 2.33. The van der Waals surface area contributed by atoms with Gasteiger partial charge in [0.25, 0.3) is 0 Å². The van der Waals surface area contributed by atoms with Crippen LogP contribution < -0.4 is 0 Å². The number of ether oxygens (including phenoxy) is 1. The van der Waals surface area contributed by atoms with Gasteiger partial charge in [-0.3, -0.25) is 4.99 Å². The molecule has 2 aliphatic rings. The highest BCUT2D eigenvalue weighted by atomic mass is 19.1. The third-order valence-corrected chi connectivity index (χ3v) is 4.23. The molecular weight excluding hydrogens is 267 g/mol. The first-order valence-electron chi connectivity index (χ1n) is 7.28. The Morgan fingerprint density at radius 2 is 1.95 bits per heavy atom. The zero-order valence-corrected chi connectivity index (χ0v) is 13.2. The molecule has 0 saturated heterocycles. The van der Waals surface area contributed by atoms with E-state index < -0.39 is 0 Å². The average Bonchev–Trinajstić information content (AvgIpc) is 3.14. The zero-order valence-electron chi connectivity index (χ0n) is 13.2. The molecule has 1 aromatic rings. The van der Waals surface area contributed by atoms with Crippen molar-refractivity contribution >= 4 is 11.6 Å². The standard InChI is InChI=1S/C17H21FN2O/c1-10-6-11(17(4,5)13-8-19-13)7-12(18)14(10)15-20-16(2,3)9-21-15/h6-7H,8-9H2,1-5H3. The lowest BCUT2D eigenvalue weighted by Gasteiger charge is -2.22. The number of benzene rings is 1. The summed E-state index contributed by atoms with van der Waals surface area (Å²) in [4.78, 5) is 8.76. The van der Waals surface area contributed by atoms with E-state index in [0.29, 0.717) is 18.1 Å². The quantitative estimate of drug-likeness (QED) is 0.839. The summed E-state index contributed by atoms with van der Waals surface area (Å²) in [5.74, 6) is 0.152. The van der Waals surface area contributed by atoms with Gasteiger partial charge in [-0.2, -0.15) is 0 Å². The highest BCUT2D eigenvalue weighted by molar-refractivity contribution is 6.05. The van der Waals surface area contributed by atoms with Gasteiger partial charge in [0.15, 0.2) is 0 Å². The van der Waals surface area contributed by atoms with Crippen LogP contribution in [0.3, 0.4) is 0 Å². The molecule has 112 valence electrons. The molecule has 21 heavy (non-hydrogen) atoms. The van der Waals surface area contributed by atoms with Crippen LogP contribution in [0.1, 0.15) is 44.4 Å². The molecule has 2 heterocycles. The Hall–Kier alpha value is -1.71. The van der Waals surface area contributed by atoms with Crippen molar-refractivity contribution in [1.29, 1.82) is 0 Å². The first-order valence-corrected chi connectivity index (χ1v) is 7.28. The molecule has 0 N–H and O–H groups in total. The number of aliphatic imine (C=N–C) groups is 2. The number of hydrogen-bond acceptors (Lipinski definition) is 3. The van der Waals surface area contributed by atoms with Crippen LogP contribution >= 0.6 is 0 Å². The van der Waals surface area contributed by atoms with E-state index in [1.807, 2.05) is 26.8 Å². The molecule has 4 heteroatoms. The first-order chi connectivity index (χ1) is 9.71. The molecule has 0 saturated carbocycles. The minimum Gasteiger partial charge on any atom is -0.475 e. The molecule has 3 rings (SSSR count). The Morgan fingerprint density at radius 3 is 2.43 bits per heavy atom. The van der Waals surface area contributed by atoms with Gasteiger partial charge in [-0.15, -0.1) is 0 Å². The Bertz CT molecular complexity index is 648. The number of nitrogens with zero attached hydrogens (tertiary/aromatic N) is 2. The minimum atomic E-state index is -0.283. The summed E-state index contributed by atoms with van der Waals surface area (Å²) in [6.45, 7) is 11.3. The fourth-order valence-electron chi connectivity index (χ4n) is 2.69. The fourth-order valence-corrected chi connectivity index (χ4v) is 2.69. The molecule has 0 amide bonds. The van der Waals surface area contributed by atoms with E-state index in [1.165, 1.54) is 0 Å². The molecule has 0 unspecified atom stereocenters. The Kier molecular flexibility index (Phi) is 2.98. The Morgan fingerprint density at radius 1 is 1.29 bits per heavy atom. The predicted molar refractivity (Wildman–Crippen MR) is 83.0 cm³/mol. The van der Waals surface area contributed by atoms with Gasteiger partial charge in [0.05, 0.1) is 17.6 Å². The maximum Gasteiger partial charge on any atom is 0.220 e. The Labute approximate surface area is 125 Å². The van der Waals surface area contributed by atoms with Gasteiger partial charge in [0.2, 0.25) is 5.90 Å². The zero-order chi connectivity index (χ0) is 15.4. The molecule has 0 radical (unpaired) electrons. The number of rotatable bonds is 3. The van der Waals surface area contributed by atoms with Crippen LogP contribution in [-0.4, -0.2) is 30.3 Å². The van der Waals surface area contributed by atoms with E-state index in [0.717, 1.165) is 23.4 Å². The molecule has 1 aromatic carbocycles. The summed E-state index contributed by atoms with van der Waals surface area (Å²) in [6, 6.07) is 3.62. The predicted octanol–water partition coefficient (Wildman–Crippen LogP) is 3.42. The maximum absolute atomic E-state index is 14.6. The third kappa shape index (κ3) is 2.47. The average molecular weight is 288 g/mol. The Balaban J connectivity index is 2.04. The van der Waals surface area contributed by atoms with Crippen LogP contribution in [0.4, 0.5) is 4.39 Å². The number of halogens is 1. The lowest BCUT2D eigenvalue weighted by Crippen LogP contribution is -2.24. The summed E-state index contributed by atoms with van der Waals surface area (Å²) in [6.07, 6.45) is 0. The molecule has 2 aliphatic heterocycles. The molecule has 0 aromatic heterocycles. The molecule has 0 aliphatic carbocycles. The molecule has 0 fully saturated rings. The van der Waals surface area contributed by atoms with Crippen LogP contribution in [0, 0.1) is 12.7 Å². The van der Waals surface area contributed by atoms with E-state index in [4.69, 9.17) is 4.74 Å². The van der Waals surface area contributed by atoms with Crippen molar-refractivity contribution < 1.29 is 9.13 Å². The second-order valence-corrected chi connectivity index (χ2v) is 7.06. The van der Waals surface area contributed by atoms with E-state index >= 15 is 0 Å². The van der Waals surface area contributed by atoms with Crippen molar-refractivity contribution in [3.8, 4) is 0 Å². The van der Waals surface area contributed by atoms with Gasteiger partial charge in [-0.25, -0.2) is 9.38 Å². The summed E-state index contributed by atoms with van der Waals surface area (Å²) in [5.41, 5.74) is 2.94. The van der Waals surface area contributed by atoms with Gasteiger partial charge in [0.1, 0.15) is 12.4 Å². The smallest absolute Gasteiger partial charge is 0.220 e. The normalized spacial score (nSPS) is 19.9. The van der Waals surface area contributed by atoms with Crippen molar-refractivity contribution in [3.05, 3.63) is 34.6 Å². The molecule has 3 nitrogen and oxygen atoms in total. The lowest BCUT2D eigenvalue weighted by atomic mass is 9.81. The number of aryl methyl sites for hydroxylation is 1. The number of hydrogen-bond donors (Lipinski definition) is 0. The van der Waals surface area contributed by atoms with Gasteiger partial charge in [-0.1, -0.05) is 19.9 Å². The van der Waals surface area contributed by atoms with Crippen molar-refractivity contribution in [3.63, 3.8) is 0 Å².